The van der Waals surface area contributed by atoms with Gasteiger partial charge in [-0.25, -0.2) is 0 Å². The van der Waals surface area contributed by atoms with E-state index in [0.717, 1.165) is 10.0 Å². The third-order valence-corrected chi connectivity index (χ3v) is 4.38. The summed E-state index contributed by atoms with van der Waals surface area (Å²) in [6, 6.07) is 18.1. The van der Waals surface area contributed by atoms with E-state index >= 15 is 0 Å². The molecule has 0 radical (unpaired) electrons. The molecule has 144 valence electrons. The van der Waals surface area contributed by atoms with Crippen LogP contribution < -0.4 is 15.4 Å². The van der Waals surface area contributed by atoms with Crippen molar-refractivity contribution >= 4 is 33.4 Å². The second-order valence-corrected chi connectivity index (χ2v) is 6.97. The van der Waals surface area contributed by atoms with Gasteiger partial charge in [-0.15, -0.1) is 0 Å². The highest BCUT2D eigenvalue weighted by atomic mass is 79.9. The molecule has 0 bridgehead atoms. The van der Waals surface area contributed by atoms with Crippen LogP contribution in [0.15, 0.2) is 69.6 Å². The smallest absolute Gasteiger partial charge is 0.287 e. The molecule has 1 heterocycles. The highest BCUT2D eigenvalue weighted by Crippen LogP contribution is 2.20. The normalized spacial score (nSPS) is 10.4. The number of furan rings is 1. The summed E-state index contributed by atoms with van der Waals surface area (Å²) < 4.78 is 12.0. The van der Waals surface area contributed by atoms with Crippen molar-refractivity contribution < 1.29 is 18.7 Å². The van der Waals surface area contributed by atoms with Gasteiger partial charge in [-0.05, 0) is 55.0 Å². The summed E-state index contributed by atoms with van der Waals surface area (Å²) in [7, 11) is 0. The highest BCUT2D eigenvalue weighted by molar-refractivity contribution is 9.10. The van der Waals surface area contributed by atoms with Gasteiger partial charge in [0.2, 0.25) is 5.91 Å². The second kappa shape index (κ2) is 9.23. The van der Waals surface area contributed by atoms with Crippen molar-refractivity contribution in [2.75, 3.05) is 11.9 Å². The molecule has 3 aromatic rings. The summed E-state index contributed by atoms with van der Waals surface area (Å²) in [6.45, 7) is 1.94. The van der Waals surface area contributed by atoms with Crippen molar-refractivity contribution in [2.24, 2.45) is 0 Å². The molecule has 0 atom stereocenters. The molecule has 0 saturated carbocycles. The standard InChI is InChI=1S/C21H19BrN2O4/c1-14-11-15(22)7-9-18(14)24-20(25)12-23-21(26)19-10-8-17(28-19)13-27-16-5-3-2-4-6-16/h2-11H,12-13H2,1H3,(H,23,26)(H,24,25). The molecule has 6 nitrogen and oxygen atoms in total. The van der Waals surface area contributed by atoms with E-state index in [9.17, 15) is 9.59 Å². The fourth-order valence-electron chi connectivity index (χ4n) is 2.46. The zero-order valence-electron chi connectivity index (χ0n) is 15.2. The van der Waals surface area contributed by atoms with Crippen molar-refractivity contribution in [3.05, 3.63) is 82.2 Å². The first-order valence-electron chi connectivity index (χ1n) is 8.62. The lowest BCUT2D eigenvalue weighted by atomic mass is 10.2. The maximum atomic E-state index is 12.2. The van der Waals surface area contributed by atoms with Crippen LogP contribution in [-0.2, 0) is 11.4 Å². The molecule has 2 N–H and O–H groups in total. The minimum Gasteiger partial charge on any atom is -0.486 e. The third kappa shape index (κ3) is 5.47. The number of carbonyl (C=O) groups is 2. The number of hydrogen-bond donors (Lipinski definition) is 2. The predicted molar refractivity (Wildman–Crippen MR) is 109 cm³/mol. The van der Waals surface area contributed by atoms with Gasteiger partial charge >= 0.3 is 0 Å². The first-order chi connectivity index (χ1) is 13.5. The zero-order valence-corrected chi connectivity index (χ0v) is 16.8. The fraction of sp³-hybridized carbons (Fsp3) is 0.143. The van der Waals surface area contributed by atoms with E-state index < -0.39 is 5.91 Å². The van der Waals surface area contributed by atoms with E-state index in [2.05, 4.69) is 26.6 Å². The molecule has 0 fully saturated rings. The summed E-state index contributed by atoms with van der Waals surface area (Å²) in [5.41, 5.74) is 1.61. The van der Waals surface area contributed by atoms with E-state index in [1.165, 1.54) is 0 Å². The Morgan fingerprint density at radius 3 is 2.61 bits per heavy atom. The van der Waals surface area contributed by atoms with Crippen LogP contribution in [-0.4, -0.2) is 18.4 Å². The zero-order chi connectivity index (χ0) is 19.9. The number of rotatable bonds is 7. The number of amides is 2. The average molecular weight is 443 g/mol. The van der Waals surface area contributed by atoms with Gasteiger partial charge in [0.05, 0.1) is 6.54 Å². The Morgan fingerprint density at radius 1 is 1.07 bits per heavy atom. The van der Waals surface area contributed by atoms with Gasteiger partial charge in [0, 0.05) is 10.2 Å². The molecule has 0 aliphatic carbocycles. The molecule has 0 unspecified atom stereocenters. The SMILES string of the molecule is Cc1cc(Br)ccc1NC(=O)CNC(=O)c1ccc(COc2ccccc2)o1. The minimum absolute atomic E-state index is 0.124. The van der Waals surface area contributed by atoms with Gasteiger partial charge in [0.25, 0.3) is 5.91 Å². The van der Waals surface area contributed by atoms with Gasteiger partial charge < -0.3 is 19.8 Å². The van der Waals surface area contributed by atoms with Crippen molar-refractivity contribution in [3.8, 4) is 5.75 Å². The average Bonchev–Trinajstić information content (AvgIpc) is 3.17. The molecule has 0 aliphatic rings. The monoisotopic (exact) mass is 442 g/mol. The lowest BCUT2D eigenvalue weighted by Crippen LogP contribution is -2.32. The number of ether oxygens (including phenoxy) is 1. The number of aryl methyl sites for hydroxylation is 1. The highest BCUT2D eigenvalue weighted by Gasteiger charge is 2.13. The largest absolute Gasteiger partial charge is 0.486 e. The number of para-hydroxylation sites is 1. The maximum absolute atomic E-state index is 12.2. The second-order valence-electron chi connectivity index (χ2n) is 6.06. The maximum Gasteiger partial charge on any atom is 0.287 e. The van der Waals surface area contributed by atoms with Gasteiger partial charge in [0.15, 0.2) is 5.76 Å². The molecule has 2 aromatic carbocycles. The number of carbonyl (C=O) groups excluding carboxylic acids is 2. The van der Waals surface area contributed by atoms with Crippen molar-refractivity contribution in [1.82, 2.24) is 5.32 Å². The van der Waals surface area contributed by atoms with Crippen molar-refractivity contribution in [2.45, 2.75) is 13.5 Å². The van der Waals surface area contributed by atoms with Crippen molar-refractivity contribution in [1.29, 1.82) is 0 Å². The van der Waals surface area contributed by atoms with Gasteiger partial charge in [-0.1, -0.05) is 34.1 Å². The molecule has 3 rings (SSSR count). The molecule has 1 aromatic heterocycles. The summed E-state index contributed by atoms with van der Waals surface area (Å²) in [5.74, 6) is 0.569. The van der Waals surface area contributed by atoms with Gasteiger partial charge in [-0.2, -0.15) is 0 Å². The summed E-state index contributed by atoms with van der Waals surface area (Å²) in [5, 5.41) is 5.30. The molecular formula is C21H19BrN2O4. The number of anilines is 1. The molecular weight excluding hydrogens is 424 g/mol. The van der Waals surface area contributed by atoms with E-state index in [0.29, 0.717) is 17.2 Å². The first kappa shape index (κ1) is 19.7. The Kier molecular flexibility index (Phi) is 6.49. The van der Waals surface area contributed by atoms with Crippen LogP contribution >= 0.6 is 15.9 Å². The van der Waals surface area contributed by atoms with Crippen molar-refractivity contribution in [3.63, 3.8) is 0 Å². The van der Waals surface area contributed by atoms with E-state index in [-0.39, 0.29) is 24.8 Å². The molecule has 0 saturated heterocycles. The van der Waals surface area contributed by atoms with Gasteiger partial charge in [0.1, 0.15) is 18.1 Å². The quantitative estimate of drug-likeness (QED) is 0.571. The molecule has 7 heteroatoms. The third-order valence-electron chi connectivity index (χ3n) is 3.88. The number of nitrogens with one attached hydrogen (secondary N) is 2. The van der Waals surface area contributed by atoms with Gasteiger partial charge in [-0.3, -0.25) is 9.59 Å². The van der Waals surface area contributed by atoms with Crippen LogP contribution in [0, 0.1) is 6.92 Å². The summed E-state index contributed by atoms with van der Waals surface area (Å²) in [4.78, 5) is 24.2. The predicted octanol–water partition coefficient (Wildman–Crippen LogP) is 4.30. The minimum atomic E-state index is -0.464. The number of benzene rings is 2. The van der Waals surface area contributed by atoms with Crippen LogP contribution in [0.2, 0.25) is 0 Å². The fourth-order valence-corrected chi connectivity index (χ4v) is 2.93. The summed E-state index contributed by atoms with van der Waals surface area (Å²) >= 11 is 3.38. The molecule has 28 heavy (non-hydrogen) atoms. The van der Waals surface area contributed by atoms with E-state index in [1.54, 1.807) is 18.2 Å². The topological polar surface area (TPSA) is 80.6 Å². The molecule has 0 aliphatic heterocycles. The molecule has 2 amide bonds. The number of hydrogen-bond acceptors (Lipinski definition) is 4. The Morgan fingerprint density at radius 2 is 1.86 bits per heavy atom. The van der Waals surface area contributed by atoms with E-state index in [4.69, 9.17) is 9.15 Å². The Labute approximate surface area is 171 Å². The first-order valence-corrected chi connectivity index (χ1v) is 9.41. The Balaban J connectivity index is 1.48. The number of halogens is 1. The van der Waals surface area contributed by atoms with Crippen LogP contribution in [0.1, 0.15) is 21.9 Å². The lowest BCUT2D eigenvalue weighted by molar-refractivity contribution is -0.115. The van der Waals surface area contributed by atoms with Crippen LogP contribution in [0.4, 0.5) is 5.69 Å². The summed E-state index contributed by atoms with van der Waals surface area (Å²) in [6.07, 6.45) is 0. The van der Waals surface area contributed by atoms with E-state index in [1.807, 2.05) is 49.4 Å². The molecule has 0 spiro atoms. The van der Waals surface area contributed by atoms with Crippen LogP contribution in [0.25, 0.3) is 0 Å². The Hall–Kier alpha value is -3.06. The van der Waals surface area contributed by atoms with Crippen LogP contribution in [0.5, 0.6) is 5.75 Å². The Bertz CT molecular complexity index is 970. The van der Waals surface area contributed by atoms with Crippen LogP contribution in [0.3, 0.4) is 0 Å². The lowest BCUT2D eigenvalue weighted by Gasteiger charge is -2.09.